The molecular weight excluding hydrogens is 335 g/mol. The van der Waals surface area contributed by atoms with Crippen molar-refractivity contribution in [3.05, 3.63) is 0 Å². The monoisotopic (exact) mass is 371 g/mol. The molecule has 0 aromatic carbocycles. The minimum Gasteiger partial charge on any atom is -0.394 e. The molecule has 0 radical (unpaired) electrons. The van der Waals surface area contributed by atoms with Crippen LogP contribution in [0.5, 0.6) is 0 Å². The number of aliphatic hydroxyl groups is 4. The van der Waals surface area contributed by atoms with Gasteiger partial charge < -0.3 is 29.9 Å². The molecule has 0 aromatic rings. The van der Waals surface area contributed by atoms with Gasteiger partial charge in [-0.3, -0.25) is 0 Å². The third kappa shape index (κ3) is 10.0. The van der Waals surface area contributed by atoms with Crippen LogP contribution in [0.1, 0.15) is 71.1 Å². The van der Waals surface area contributed by atoms with Crippen LogP contribution in [0.25, 0.3) is 0 Å². The second-order valence-electron chi connectivity index (χ2n) is 6.75. The predicted octanol–water partition coefficient (Wildman–Crippen LogP) is -1.27. The summed E-state index contributed by atoms with van der Waals surface area (Å²) in [5.41, 5.74) is 0. The second-order valence-corrected chi connectivity index (χ2v) is 6.75. The Hall–Kier alpha value is 0.760. The Morgan fingerprint density at radius 3 is 1.80 bits per heavy atom. The normalized spacial score (nSPS) is 29.4. The molecule has 0 aliphatic carbocycles. The fourth-order valence-electron chi connectivity index (χ4n) is 2.99. The third-order valence-corrected chi connectivity index (χ3v) is 4.63. The largest absolute Gasteiger partial charge is 1.00 e. The number of unbranched alkanes of at least 4 members (excludes halogenated alkanes) is 9. The van der Waals surface area contributed by atoms with E-state index < -0.39 is 37.3 Å². The number of hydrogen-bond donors (Lipinski definition) is 4. The molecule has 0 saturated carbocycles. The van der Waals surface area contributed by atoms with Crippen LogP contribution in [0.4, 0.5) is 0 Å². The molecule has 5 atom stereocenters. The van der Waals surface area contributed by atoms with Crippen molar-refractivity contribution in [1.29, 1.82) is 0 Å². The molecule has 7 heteroatoms. The first-order valence-corrected chi connectivity index (χ1v) is 9.54. The third-order valence-electron chi connectivity index (χ3n) is 4.63. The van der Waals surface area contributed by atoms with E-state index in [-0.39, 0.29) is 29.6 Å². The summed E-state index contributed by atoms with van der Waals surface area (Å²) in [6.07, 6.45) is 6.37. The molecule has 1 aliphatic rings. The van der Waals surface area contributed by atoms with Crippen LogP contribution in [-0.2, 0) is 9.47 Å². The van der Waals surface area contributed by atoms with Gasteiger partial charge >= 0.3 is 29.6 Å². The van der Waals surface area contributed by atoms with Crippen molar-refractivity contribution in [2.75, 3.05) is 13.2 Å². The van der Waals surface area contributed by atoms with Crippen LogP contribution in [0.3, 0.4) is 0 Å². The fraction of sp³-hybridized carbons (Fsp3) is 1.00. The quantitative estimate of drug-likeness (QED) is 0.238. The Labute approximate surface area is 174 Å². The van der Waals surface area contributed by atoms with Gasteiger partial charge in [0.25, 0.3) is 0 Å². The van der Waals surface area contributed by atoms with Crippen molar-refractivity contribution in [2.24, 2.45) is 0 Å². The molecule has 1 saturated heterocycles. The molecule has 0 aromatic heterocycles. The van der Waals surface area contributed by atoms with Crippen LogP contribution in [-0.4, -0.2) is 64.3 Å². The van der Waals surface area contributed by atoms with Gasteiger partial charge in [0.05, 0.1) is 6.61 Å². The van der Waals surface area contributed by atoms with Crippen molar-refractivity contribution < 1.29 is 59.5 Å². The molecule has 1 heterocycles. The zero-order valence-corrected chi connectivity index (χ0v) is 18.0. The van der Waals surface area contributed by atoms with E-state index >= 15 is 0 Å². The van der Waals surface area contributed by atoms with Crippen molar-refractivity contribution >= 4 is 0 Å². The number of aliphatic hydroxyl groups excluding tert-OH is 4. The minimum atomic E-state index is -1.37. The summed E-state index contributed by atoms with van der Waals surface area (Å²) in [6.45, 7) is 2.23. The predicted molar refractivity (Wildman–Crippen MR) is 91.6 cm³/mol. The van der Waals surface area contributed by atoms with E-state index in [0.29, 0.717) is 6.61 Å². The van der Waals surface area contributed by atoms with Gasteiger partial charge in [-0.05, 0) is 6.42 Å². The topological polar surface area (TPSA) is 99.4 Å². The van der Waals surface area contributed by atoms with E-state index in [4.69, 9.17) is 14.6 Å². The minimum absolute atomic E-state index is 0. The summed E-state index contributed by atoms with van der Waals surface area (Å²) in [6, 6.07) is 0. The Bertz CT molecular complexity index is 305. The van der Waals surface area contributed by atoms with Crippen molar-refractivity contribution in [2.45, 2.75) is 102 Å². The number of rotatable bonds is 13. The van der Waals surface area contributed by atoms with Crippen molar-refractivity contribution in [3.63, 3.8) is 0 Å². The average Bonchev–Trinajstić information content (AvgIpc) is 2.59. The molecule has 0 amide bonds. The Morgan fingerprint density at radius 1 is 0.760 bits per heavy atom. The van der Waals surface area contributed by atoms with Gasteiger partial charge in [-0.15, -0.1) is 0 Å². The molecule has 1 aliphatic heterocycles. The van der Waals surface area contributed by atoms with E-state index in [0.717, 1.165) is 12.8 Å². The van der Waals surface area contributed by atoms with Gasteiger partial charge in [0.1, 0.15) is 24.4 Å². The molecule has 0 spiro atoms. The first-order chi connectivity index (χ1) is 11.6. The van der Waals surface area contributed by atoms with Gasteiger partial charge in [-0.1, -0.05) is 64.7 Å². The fourth-order valence-corrected chi connectivity index (χ4v) is 2.99. The number of hydrogen-bond acceptors (Lipinski definition) is 6. The van der Waals surface area contributed by atoms with Gasteiger partial charge in [0.15, 0.2) is 6.29 Å². The molecular formula is C18H36NaO6+. The summed E-state index contributed by atoms with van der Waals surface area (Å²) < 4.78 is 10.8. The van der Waals surface area contributed by atoms with E-state index in [1.165, 1.54) is 51.4 Å². The van der Waals surface area contributed by atoms with Crippen LogP contribution in [0, 0.1) is 0 Å². The molecule has 1 fully saturated rings. The van der Waals surface area contributed by atoms with E-state index in [1.54, 1.807) is 0 Å². The average molecular weight is 371 g/mol. The molecule has 25 heavy (non-hydrogen) atoms. The first-order valence-electron chi connectivity index (χ1n) is 9.54. The van der Waals surface area contributed by atoms with E-state index in [2.05, 4.69) is 6.92 Å². The SMILES string of the molecule is CCCCCCCCCCCCO[C@@H]1O[C@H](CO)[C@@H](O)[C@H](O)[C@H]1O.[Na+]. The maximum atomic E-state index is 9.84. The second kappa shape index (κ2) is 15.8. The standard InChI is InChI=1S/C18H36O6.Na/c1-2-3-4-5-6-7-8-9-10-11-12-23-18-17(22)16(21)15(20)14(13-19)24-18;/h14-22H,2-13H2,1H3;/q;+1/t14-,15-,16+,17-,18-;/m1./s1. The van der Waals surface area contributed by atoms with Gasteiger partial charge in [-0.25, -0.2) is 0 Å². The summed E-state index contributed by atoms with van der Waals surface area (Å²) in [5.74, 6) is 0. The molecule has 1 rings (SSSR count). The molecule has 0 bridgehead atoms. The van der Waals surface area contributed by atoms with E-state index in [1.807, 2.05) is 0 Å². The Morgan fingerprint density at radius 2 is 1.28 bits per heavy atom. The molecule has 0 unspecified atom stereocenters. The molecule has 6 nitrogen and oxygen atoms in total. The summed E-state index contributed by atoms with van der Waals surface area (Å²) in [4.78, 5) is 0. The van der Waals surface area contributed by atoms with Crippen LogP contribution >= 0.6 is 0 Å². The van der Waals surface area contributed by atoms with Crippen molar-refractivity contribution in [3.8, 4) is 0 Å². The van der Waals surface area contributed by atoms with Crippen LogP contribution < -0.4 is 29.6 Å². The van der Waals surface area contributed by atoms with Gasteiger partial charge in [0.2, 0.25) is 0 Å². The summed E-state index contributed by atoms with van der Waals surface area (Å²) >= 11 is 0. The van der Waals surface area contributed by atoms with Gasteiger partial charge in [0, 0.05) is 6.61 Å². The van der Waals surface area contributed by atoms with E-state index in [9.17, 15) is 15.3 Å². The number of ether oxygens (including phenoxy) is 2. The maximum Gasteiger partial charge on any atom is 1.00 e. The van der Waals surface area contributed by atoms with Crippen molar-refractivity contribution in [1.82, 2.24) is 0 Å². The van der Waals surface area contributed by atoms with Crippen LogP contribution in [0.15, 0.2) is 0 Å². The zero-order chi connectivity index (χ0) is 17.8. The van der Waals surface area contributed by atoms with Gasteiger partial charge in [-0.2, -0.15) is 0 Å². The summed E-state index contributed by atoms with van der Waals surface area (Å²) in [7, 11) is 0. The maximum absolute atomic E-state index is 9.84. The summed E-state index contributed by atoms with van der Waals surface area (Å²) in [5, 5.41) is 38.3. The molecule has 4 N–H and O–H groups in total. The Balaban J connectivity index is 0.00000576. The first kappa shape index (κ1) is 25.8. The molecule has 144 valence electrons. The van der Waals surface area contributed by atoms with Crippen LogP contribution in [0.2, 0.25) is 0 Å². The smallest absolute Gasteiger partial charge is 0.394 e. The Kier molecular flexibility index (Phi) is 16.3. The zero-order valence-electron chi connectivity index (χ0n) is 16.0.